The topological polar surface area (TPSA) is 29.1 Å². The van der Waals surface area contributed by atoms with Gasteiger partial charge in [-0.25, -0.2) is 0 Å². The Bertz CT molecular complexity index is 396. The van der Waals surface area contributed by atoms with Crippen molar-refractivity contribution >= 4 is 11.5 Å². The van der Waals surface area contributed by atoms with Gasteiger partial charge in [0.2, 0.25) is 0 Å². The fraction of sp³-hybridized carbons (Fsp3) is 0.308. The maximum atomic E-state index is 11.7. The average Bonchev–Trinajstić information content (AvgIpc) is 2.72. The molecule has 1 aromatic carbocycles. The third kappa shape index (κ3) is 2.09. The van der Waals surface area contributed by atoms with Crippen LogP contribution in [0.1, 0.15) is 28.8 Å². The third-order valence-electron chi connectivity index (χ3n) is 2.71. The first kappa shape index (κ1) is 9.97. The molecule has 1 N–H and O–H groups in total. The molecule has 1 aliphatic rings. The number of carbonyl (C=O) groups excluding carboxylic acids is 1. The maximum absolute atomic E-state index is 11.7. The molecule has 0 aromatic heterocycles. The molecular formula is C13H15NO. The van der Waals surface area contributed by atoms with Gasteiger partial charge in [-0.05, 0) is 36.6 Å². The van der Waals surface area contributed by atoms with Crippen LogP contribution in [-0.4, -0.2) is 12.3 Å². The molecule has 2 nitrogen and oxygen atoms in total. The van der Waals surface area contributed by atoms with E-state index in [0.717, 1.165) is 24.9 Å². The molecule has 0 spiro atoms. The number of benzene rings is 1. The highest BCUT2D eigenvalue weighted by atomic mass is 16.1. The van der Waals surface area contributed by atoms with Crippen molar-refractivity contribution in [3.63, 3.8) is 0 Å². The molecule has 0 saturated heterocycles. The van der Waals surface area contributed by atoms with Crippen LogP contribution in [0.4, 0.5) is 5.69 Å². The molecule has 0 fully saturated rings. The first-order valence-electron chi connectivity index (χ1n) is 5.32. The lowest BCUT2D eigenvalue weighted by Gasteiger charge is -2.03. The molecule has 2 rings (SSSR count). The van der Waals surface area contributed by atoms with Crippen LogP contribution in [0.5, 0.6) is 0 Å². The van der Waals surface area contributed by atoms with E-state index in [2.05, 4.69) is 11.9 Å². The molecule has 78 valence electrons. The van der Waals surface area contributed by atoms with E-state index in [4.69, 9.17) is 0 Å². The number of anilines is 1. The molecule has 2 heteroatoms. The Kier molecular flexibility index (Phi) is 2.86. The van der Waals surface area contributed by atoms with Crippen LogP contribution in [0.15, 0.2) is 30.9 Å². The number of nitrogens with one attached hydrogen (secondary N) is 1. The Hall–Kier alpha value is -1.57. The monoisotopic (exact) mass is 201 g/mol. The molecule has 15 heavy (non-hydrogen) atoms. The van der Waals surface area contributed by atoms with Gasteiger partial charge in [0.15, 0.2) is 5.78 Å². The van der Waals surface area contributed by atoms with Gasteiger partial charge in [-0.2, -0.15) is 0 Å². The first-order chi connectivity index (χ1) is 7.31. The van der Waals surface area contributed by atoms with Crippen molar-refractivity contribution in [2.24, 2.45) is 0 Å². The number of hydrogen-bond donors (Lipinski definition) is 1. The molecule has 0 bridgehead atoms. The van der Waals surface area contributed by atoms with Gasteiger partial charge in [0.25, 0.3) is 0 Å². The number of fused-ring (bicyclic) bond motifs is 1. The molecule has 0 amide bonds. The lowest BCUT2D eigenvalue weighted by Crippen LogP contribution is -1.98. The summed E-state index contributed by atoms with van der Waals surface area (Å²) in [5.74, 6) is 0.213. The standard InChI is InChI=1S/C13H15NO/c1-2-3-4-13(15)11-5-6-12-10(9-11)7-8-14-12/h2,5-6,9,14H,1,3-4,7-8H2. The van der Waals surface area contributed by atoms with Crippen molar-refractivity contribution < 1.29 is 4.79 Å². The Morgan fingerprint density at radius 2 is 2.40 bits per heavy atom. The molecule has 1 heterocycles. The van der Waals surface area contributed by atoms with Crippen molar-refractivity contribution in [3.8, 4) is 0 Å². The number of allylic oxidation sites excluding steroid dienone is 1. The molecular weight excluding hydrogens is 186 g/mol. The summed E-state index contributed by atoms with van der Waals surface area (Å²) in [5, 5.41) is 3.28. The normalized spacial score (nSPS) is 13.1. The minimum atomic E-state index is 0.213. The number of carbonyl (C=O) groups is 1. The van der Waals surface area contributed by atoms with Crippen LogP contribution in [0.25, 0.3) is 0 Å². The molecule has 0 atom stereocenters. The summed E-state index contributed by atoms with van der Waals surface area (Å²) < 4.78 is 0. The van der Waals surface area contributed by atoms with Crippen molar-refractivity contribution in [2.75, 3.05) is 11.9 Å². The zero-order valence-electron chi connectivity index (χ0n) is 8.75. The summed E-state index contributed by atoms with van der Waals surface area (Å²) in [6, 6.07) is 5.92. The summed E-state index contributed by atoms with van der Waals surface area (Å²) in [4.78, 5) is 11.7. The summed E-state index contributed by atoms with van der Waals surface area (Å²) in [5.41, 5.74) is 3.27. The van der Waals surface area contributed by atoms with Crippen LogP contribution in [-0.2, 0) is 6.42 Å². The van der Waals surface area contributed by atoms with Crippen molar-refractivity contribution in [1.82, 2.24) is 0 Å². The largest absolute Gasteiger partial charge is 0.384 e. The van der Waals surface area contributed by atoms with Crippen LogP contribution in [0.2, 0.25) is 0 Å². The van der Waals surface area contributed by atoms with Crippen molar-refractivity contribution in [2.45, 2.75) is 19.3 Å². The number of ketones is 1. The summed E-state index contributed by atoms with van der Waals surface area (Å²) in [7, 11) is 0. The predicted octanol–water partition coefficient (Wildman–Crippen LogP) is 2.80. The first-order valence-corrected chi connectivity index (χ1v) is 5.32. The molecule has 0 saturated carbocycles. The number of Topliss-reactive ketones (excluding diaryl/α,β-unsaturated/α-hetero) is 1. The van der Waals surface area contributed by atoms with Gasteiger partial charge < -0.3 is 5.32 Å². The number of rotatable bonds is 4. The summed E-state index contributed by atoms with van der Waals surface area (Å²) in [6.45, 7) is 4.61. The highest BCUT2D eigenvalue weighted by Gasteiger charge is 2.12. The quantitative estimate of drug-likeness (QED) is 0.599. The molecule has 0 aliphatic carbocycles. The predicted molar refractivity (Wildman–Crippen MR) is 62.4 cm³/mol. The van der Waals surface area contributed by atoms with E-state index in [1.54, 1.807) is 6.08 Å². The van der Waals surface area contributed by atoms with E-state index in [9.17, 15) is 4.79 Å². The zero-order valence-corrected chi connectivity index (χ0v) is 8.75. The minimum Gasteiger partial charge on any atom is -0.384 e. The van der Waals surface area contributed by atoms with Crippen LogP contribution < -0.4 is 5.32 Å². The third-order valence-corrected chi connectivity index (χ3v) is 2.71. The van der Waals surface area contributed by atoms with E-state index in [0.29, 0.717) is 6.42 Å². The van der Waals surface area contributed by atoms with Crippen LogP contribution in [0.3, 0.4) is 0 Å². The Morgan fingerprint density at radius 1 is 1.53 bits per heavy atom. The molecule has 0 unspecified atom stereocenters. The zero-order chi connectivity index (χ0) is 10.7. The average molecular weight is 201 g/mol. The fourth-order valence-corrected chi connectivity index (χ4v) is 1.86. The number of hydrogen-bond acceptors (Lipinski definition) is 2. The van der Waals surface area contributed by atoms with Crippen LogP contribution >= 0.6 is 0 Å². The van der Waals surface area contributed by atoms with Gasteiger partial charge in [0.05, 0.1) is 0 Å². The smallest absolute Gasteiger partial charge is 0.163 e. The van der Waals surface area contributed by atoms with Gasteiger partial charge in [0.1, 0.15) is 0 Å². The van der Waals surface area contributed by atoms with Crippen molar-refractivity contribution in [1.29, 1.82) is 0 Å². The van der Waals surface area contributed by atoms with Gasteiger partial charge in [-0.3, -0.25) is 4.79 Å². The van der Waals surface area contributed by atoms with Gasteiger partial charge in [-0.1, -0.05) is 6.08 Å². The second-order valence-corrected chi connectivity index (χ2v) is 3.80. The maximum Gasteiger partial charge on any atom is 0.163 e. The fourth-order valence-electron chi connectivity index (χ4n) is 1.86. The summed E-state index contributed by atoms with van der Waals surface area (Å²) in [6.07, 6.45) is 4.13. The Morgan fingerprint density at radius 3 is 3.20 bits per heavy atom. The van der Waals surface area contributed by atoms with Crippen molar-refractivity contribution in [3.05, 3.63) is 42.0 Å². The summed E-state index contributed by atoms with van der Waals surface area (Å²) >= 11 is 0. The van der Waals surface area contributed by atoms with Gasteiger partial charge in [-0.15, -0.1) is 6.58 Å². The SMILES string of the molecule is C=CCCC(=O)c1ccc2c(c1)CCN2. The highest BCUT2D eigenvalue weighted by molar-refractivity contribution is 5.96. The van der Waals surface area contributed by atoms with E-state index < -0.39 is 0 Å². The van der Waals surface area contributed by atoms with E-state index in [-0.39, 0.29) is 5.78 Å². The molecule has 0 radical (unpaired) electrons. The Labute approximate surface area is 90.0 Å². The van der Waals surface area contributed by atoms with Crippen LogP contribution in [0, 0.1) is 0 Å². The highest BCUT2D eigenvalue weighted by Crippen LogP contribution is 2.23. The van der Waals surface area contributed by atoms with E-state index in [1.165, 1.54) is 11.3 Å². The van der Waals surface area contributed by atoms with Gasteiger partial charge in [0, 0.05) is 24.2 Å². The lowest BCUT2D eigenvalue weighted by molar-refractivity contribution is 0.0983. The van der Waals surface area contributed by atoms with E-state index >= 15 is 0 Å². The Balaban J connectivity index is 2.15. The molecule has 1 aliphatic heterocycles. The second kappa shape index (κ2) is 4.30. The molecule has 1 aromatic rings. The second-order valence-electron chi connectivity index (χ2n) is 3.80. The lowest BCUT2D eigenvalue weighted by atomic mass is 10.0. The van der Waals surface area contributed by atoms with Gasteiger partial charge >= 0.3 is 0 Å². The van der Waals surface area contributed by atoms with E-state index in [1.807, 2.05) is 18.2 Å². The minimum absolute atomic E-state index is 0.213.